The van der Waals surface area contributed by atoms with E-state index in [9.17, 15) is 23.2 Å². The number of hydrogen-bond acceptors (Lipinski definition) is 4. The number of thiophene rings is 1. The number of halogens is 2. The van der Waals surface area contributed by atoms with E-state index in [0.717, 1.165) is 17.7 Å². The number of rotatable bonds is 8. The fraction of sp³-hybridized carbons (Fsp3) is 0.242. The van der Waals surface area contributed by atoms with Crippen LogP contribution in [0.3, 0.4) is 0 Å². The Hall–Kier alpha value is -4.17. The highest BCUT2D eigenvalue weighted by molar-refractivity contribution is 7.10. The van der Waals surface area contributed by atoms with Gasteiger partial charge < -0.3 is 10.2 Å². The van der Waals surface area contributed by atoms with Crippen molar-refractivity contribution in [3.63, 3.8) is 0 Å². The number of hydrogen-bond donors (Lipinski definition) is 1. The first-order valence-electron chi connectivity index (χ1n) is 13.6. The Morgan fingerprint density at radius 2 is 1.49 bits per heavy atom. The van der Waals surface area contributed by atoms with Gasteiger partial charge in [0.1, 0.15) is 17.7 Å². The summed E-state index contributed by atoms with van der Waals surface area (Å²) in [5.41, 5.74) is 1.79. The van der Waals surface area contributed by atoms with E-state index in [0.29, 0.717) is 16.7 Å². The molecule has 1 saturated heterocycles. The van der Waals surface area contributed by atoms with Crippen LogP contribution in [0.1, 0.15) is 51.2 Å². The zero-order chi connectivity index (χ0) is 28.5. The molecule has 41 heavy (non-hydrogen) atoms. The quantitative estimate of drug-likeness (QED) is 0.253. The Morgan fingerprint density at radius 1 is 0.829 bits per heavy atom. The molecule has 2 fully saturated rings. The number of nitrogens with zero attached hydrogens (tertiary/aromatic N) is 1. The Labute approximate surface area is 240 Å². The van der Waals surface area contributed by atoms with Crippen LogP contribution in [0.5, 0.6) is 0 Å². The van der Waals surface area contributed by atoms with E-state index < -0.39 is 35.6 Å². The van der Waals surface area contributed by atoms with Gasteiger partial charge in [-0.25, -0.2) is 8.78 Å². The summed E-state index contributed by atoms with van der Waals surface area (Å²) in [7, 11) is 0. The Morgan fingerprint density at radius 3 is 2.10 bits per heavy atom. The number of nitrogens with one attached hydrogen (secondary N) is 1. The number of ketones is 1. The van der Waals surface area contributed by atoms with Crippen molar-refractivity contribution in [3.05, 3.63) is 130 Å². The maximum atomic E-state index is 14.4. The average Bonchev–Trinajstić information content (AvgIpc) is 3.59. The van der Waals surface area contributed by atoms with Crippen LogP contribution in [0, 0.1) is 23.5 Å². The van der Waals surface area contributed by atoms with Gasteiger partial charge in [-0.15, -0.1) is 11.3 Å². The normalized spacial score (nSPS) is 22.0. The third kappa shape index (κ3) is 5.44. The SMILES string of the molecule is O=C(c1ccccc1)C1C(c2ccc(F)cc2)C(C(=O)NCc2ccc(F)cc2)N(C(=O)C2CC2)C1c1cccs1. The van der Waals surface area contributed by atoms with Crippen LogP contribution in [0.2, 0.25) is 0 Å². The van der Waals surface area contributed by atoms with E-state index in [1.54, 1.807) is 53.4 Å². The second-order valence-electron chi connectivity index (χ2n) is 10.6. The van der Waals surface area contributed by atoms with Crippen LogP contribution in [-0.4, -0.2) is 28.5 Å². The highest BCUT2D eigenvalue weighted by Crippen LogP contribution is 2.53. The molecular weight excluding hydrogens is 542 g/mol. The predicted molar refractivity (Wildman–Crippen MR) is 152 cm³/mol. The van der Waals surface area contributed by atoms with Crippen molar-refractivity contribution in [2.24, 2.45) is 11.8 Å². The third-order valence-electron chi connectivity index (χ3n) is 7.95. The lowest BCUT2D eigenvalue weighted by Gasteiger charge is -2.31. The van der Waals surface area contributed by atoms with E-state index in [4.69, 9.17) is 0 Å². The minimum Gasteiger partial charge on any atom is -0.350 e. The first-order valence-corrected chi connectivity index (χ1v) is 14.5. The number of amides is 2. The van der Waals surface area contributed by atoms with Crippen molar-refractivity contribution in [2.45, 2.75) is 37.4 Å². The fourth-order valence-corrected chi connectivity index (χ4v) is 6.73. The summed E-state index contributed by atoms with van der Waals surface area (Å²) in [5, 5.41) is 4.84. The van der Waals surface area contributed by atoms with Gasteiger partial charge in [-0.05, 0) is 59.7 Å². The molecule has 1 N–H and O–H groups in total. The standard InChI is InChI=1S/C33H28F2N2O3S/c34-24-14-8-20(9-15-24)19-36-32(39)30-27(21-12-16-25(35)17-13-21)28(31(38)22-5-2-1-3-6-22)29(26-7-4-18-41-26)37(30)33(40)23-10-11-23/h1-9,12-18,23,27-30H,10-11,19H2,(H,36,39). The molecule has 1 aromatic heterocycles. The Balaban J connectivity index is 1.48. The van der Waals surface area contributed by atoms with Crippen molar-refractivity contribution in [3.8, 4) is 0 Å². The smallest absolute Gasteiger partial charge is 0.243 e. The average molecular weight is 571 g/mol. The zero-order valence-electron chi connectivity index (χ0n) is 22.1. The van der Waals surface area contributed by atoms with Gasteiger partial charge in [0.2, 0.25) is 11.8 Å². The molecule has 208 valence electrons. The largest absolute Gasteiger partial charge is 0.350 e. The van der Waals surface area contributed by atoms with Crippen LogP contribution >= 0.6 is 11.3 Å². The summed E-state index contributed by atoms with van der Waals surface area (Å²) < 4.78 is 27.5. The van der Waals surface area contributed by atoms with Crippen LogP contribution in [0.15, 0.2) is 96.4 Å². The van der Waals surface area contributed by atoms with Gasteiger partial charge >= 0.3 is 0 Å². The second kappa shape index (κ2) is 11.4. The van der Waals surface area contributed by atoms with Gasteiger partial charge in [-0.1, -0.05) is 60.7 Å². The van der Waals surface area contributed by atoms with Crippen molar-refractivity contribution >= 4 is 28.9 Å². The first-order chi connectivity index (χ1) is 19.9. The third-order valence-corrected chi connectivity index (χ3v) is 8.89. The van der Waals surface area contributed by atoms with Crippen LogP contribution in [0.25, 0.3) is 0 Å². The molecule has 4 atom stereocenters. The highest BCUT2D eigenvalue weighted by atomic mass is 32.1. The van der Waals surface area contributed by atoms with E-state index in [-0.39, 0.29) is 30.0 Å². The van der Waals surface area contributed by atoms with Crippen molar-refractivity contribution in [2.75, 3.05) is 0 Å². The molecule has 8 heteroatoms. The van der Waals surface area contributed by atoms with E-state index in [2.05, 4.69) is 5.32 Å². The number of carbonyl (C=O) groups excluding carboxylic acids is 3. The van der Waals surface area contributed by atoms with Crippen molar-refractivity contribution in [1.29, 1.82) is 0 Å². The molecule has 1 saturated carbocycles. The van der Waals surface area contributed by atoms with Gasteiger partial charge in [-0.2, -0.15) is 0 Å². The lowest BCUT2D eigenvalue weighted by atomic mass is 9.77. The lowest BCUT2D eigenvalue weighted by molar-refractivity contribution is -0.142. The minimum absolute atomic E-state index is 0.123. The molecule has 5 nitrogen and oxygen atoms in total. The van der Waals surface area contributed by atoms with Gasteiger partial charge in [0, 0.05) is 28.8 Å². The summed E-state index contributed by atoms with van der Waals surface area (Å²) in [6, 6.07) is 22.6. The number of Topliss-reactive ketones (excluding diaryl/α,β-unsaturated/α-hetero) is 1. The fourth-order valence-electron chi connectivity index (χ4n) is 5.86. The molecular formula is C33H28F2N2O3S. The molecule has 0 bridgehead atoms. The van der Waals surface area contributed by atoms with E-state index in [1.807, 2.05) is 23.6 Å². The molecule has 6 rings (SSSR count). The Bertz CT molecular complexity index is 1540. The van der Waals surface area contributed by atoms with Gasteiger partial charge in [0.25, 0.3) is 0 Å². The molecule has 4 aromatic rings. The number of likely N-dealkylation sites (tertiary alicyclic amines) is 1. The molecule has 3 aromatic carbocycles. The molecule has 1 aliphatic heterocycles. The van der Waals surface area contributed by atoms with E-state index >= 15 is 0 Å². The maximum absolute atomic E-state index is 14.4. The van der Waals surface area contributed by atoms with Crippen LogP contribution in [-0.2, 0) is 16.1 Å². The number of carbonyl (C=O) groups is 3. The van der Waals surface area contributed by atoms with E-state index in [1.165, 1.54) is 35.6 Å². The molecule has 0 radical (unpaired) electrons. The Kier molecular flexibility index (Phi) is 7.49. The molecule has 2 aliphatic rings. The summed E-state index contributed by atoms with van der Waals surface area (Å²) >= 11 is 1.44. The highest BCUT2D eigenvalue weighted by Gasteiger charge is 2.59. The van der Waals surface area contributed by atoms with Gasteiger partial charge in [0.15, 0.2) is 5.78 Å². The summed E-state index contributed by atoms with van der Waals surface area (Å²) in [6.07, 6.45) is 1.46. The topological polar surface area (TPSA) is 66.5 Å². The first kappa shape index (κ1) is 27.0. The monoisotopic (exact) mass is 570 g/mol. The molecule has 2 heterocycles. The summed E-state index contributed by atoms with van der Waals surface area (Å²) in [5.74, 6) is -3.28. The molecule has 0 spiro atoms. The number of benzene rings is 3. The zero-order valence-corrected chi connectivity index (χ0v) is 22.9. The summed E-state index contributed by atoms with van der Waals surface area (Å²) in [6.45, 7) is 0.123. The van der Waals surface area contributed by atoms with Gasteiger partial charge in [0.05, 0.1) is 12.0 Å². The molecule has 4 unspecified atom stereocenters. The van der Waals surface area contributed by atoms with Crippen molar-refractivity contribution < 1.29 is 23.2 Å². The summed E-state index contributed by atoms with van der Waals surface area (Å²) in [4.78, 5) is 45.0. The minimum atomic E-state index is -1.02. The van der Waals surface area contributed by atoms with Gasteiger partial charge in [-0.3, -0.25) is 14.4 Å². The van der Waals surface area contributed by atoms with Crippen molar-refractivity contribution in [1.82, 2.24) is 10.2 Å². The molecule has 1 aliphatic carbocycles. The second-order valence-corrected chi connectivity index (χ2v) is 11.6. The van der Waals surface area contributed by atoms with Crippen LogP contribution < -0.4 is 5.32 Å². The lowest BCUT2D eigenvalue weighted by Crippen LogP contribution is -2.49. The maximum Gasteiger partial charge on any atom is 0.243 e. The molecule has 2 amide bonds. The predicted octanol–water partition coefficient (Wildman–Crippen LogP) is 6.29. The van der Waals surface area contributed by atoms with Crippen LogP contribution in [0.4, 0.5) is 8.78 Å².